The summed E-state index contributed by atoms with van der Waals surface area (Å²) in [4.78, 5) is 0. The van der Waals surface area contributed by atoms with Crippen LogP contribution in [0.1, 0.15) is 6.92 Å². The lowest BCUT2D eigenvalue weighted by atomic mass is 10.3. The van der Waals surface area contributed by atoms with E-state index in [2.05, 4.69) is 5.10 Å². The Kier molecular flexibility index (Phi) is 3.84. The van der Waals surface area contributed by atoms with Gasteiger partial charge >= 0.3 is 0 Å². The van der Waals surface area contributed by atoms with Gasteiger partial charge in [0.2, 0.25) is 0 Å². The minimum Gasteiger partial charge on any atom is -0.493 e. The molecular formula is C13H16N2O3. The van der Waals surface area contributed by atoms with Crippen molar-refractivity contribution in [2.75, 3.05) is 7.11 Å². The second kappa shape index (κ2) is 5.55. The normalized spacial score (nSPS) is 12.2. The monoisotopic (exact) mass is 248 g/mol. The molecule has 0 aliphatic rings. The second-order valence-electron chi connectivity index (χ2n) is 4.00. The molecule has 0 radical (unpaired) electrons. The Balaban J connectivity index is 2.11. The third kappa shape index (κ3) is 3.01. The fraction of sp³-hybridized carbons (Fsp3) is 0.308. The fourth-order valence-electron chi connectivity index (χ4n) is 1.60. The predicted octanol–water partition coefficient (Wildman–Crippen LogP) is 2.06. The number of para-hydroxylation sites is 2. The largest absolute Gasteiger partial charge is 0.493 e. The average molecular weight is 248 g/mol. The molecule has 2 aromatic rings. The van der Waals surface area contributed by atoms with Gasteiger partial charge in [-0.05, 0) is 19.1 Å². The third-order valence-corrected chi connectivity index (χ3v) is 2.36. The van der Waals surface area contributed by atoms with Crippen LogP contribution in [0, 0.1) is 0 Å². The van der Waals surface area contributed by atoms with Crippen LogP contribution in [-0.2, 0) is 6.54 Å². The zero-order chi connectivity index (χ0) is 13.0. The van der Waals surface area contributed by atoms with Crippen molar-refractivity contribution in [1.82, 2.24) is 9.78 Å². The molecule has 0 amide bonds. The van der Waals surface area contributed by atoms with E-state index < -0.39 is 6.10 Å². The first-order valence-electron chi connectivity index (χ1n) is 5.70. The fourth-order valence-corrected chi connectivity index (χ4v) is 1.60. The van der Waals surface area contributed by atoms with Gasteiger partial charge in [0.1, 0.15) is 0 Å². The number of aliphatic hydroxyl groups excluding tert-OH is 1. The first kappa shape index (κ1) is 12.4. The number of nitrogens with zero attached hydrogens (tertiary/aromatic N) is 2. The van der Waals surface area contributed by atoms with Crippen molar-refractivity contribution in [2.24, 2.45) is 0 Å². The Labute approximate surface area is 106 Å². The molecule has 5 nitrogen and oxygen atoms in total. The van der Waals surface area contributed by atoms with Crippen LogP contribution in [0.3, 0.4) is 0 Å². The molecule has 96 valence electrons. The highest BCUT2D eigenvalue weighted by Gasteiger charge is 2.07. The van der Waals surface area contributed by atoms with E-state index in [1.54, 1.807) is 31.1 Å². The van der Waals surface area contributed by atoms with Crippen molar-refractivity contribution in [3.8, 4) is 17.2 Å². The minimum atomic E-state index is -0.441. The maximum atomic E-state index is 9.27. The molecular weight excluding hydrogens is 232 g/mol. The van der Waals surface area contributed by atoms with Crippen molar-refractivity contribution < 1.29 is 14.6 Å². The zero-order valence-electron chi connectivity index (χ0n) is 10.4. The van der Waals surface area contributed by atoms with Crippen molar-refractivity contribution in [2.45, 2.75) is 19.6 Å². The Morgan fingerprint density at radius 2 is 2.06 bits per heavy atom. The van der Waals surface area contributed by atoms with Gasteiger partial charge in [0.25, 0.3) is 0 Å². The number of ether oxygens (including phenoxy) is 2. The number of aromatic nitrogens is 2. The van der Waals surface area contributed by atoms with Gasteiger partial charge in [0.05, 0.1) is 32.2 Å². The molecule has 5 heteroatoms. The quantitative estimate of drug-likeness (QED) is 0.880. The molecule has 0 fully saturated rings. The van der Waals surface area contributed by atoms with Gasteiger partial charge in [-0.1, -0.05) is 12.1 Å². The zero-order valence-corrected chi connectivity index (χ0v) is 10.4. The molecule has 0 aliphatic carbocycles. The molecule has 0 saturated heterocycles. The van der Waals surface area contributed by atoms with Crippen molar-refractivity contribution in [1.29, 1.82) is 0 Å². The standard InChI is InChI=1S/C13H16N2O3/c1-10(16)8-15-9-11(7-14-15)18-13-6-4-3-5-12(13)17-2/h3-7,9-10,16H,8H2,1-2H3. The summed E-state index contributed by atoms with van der Waals surface area (Å²) in [7, 11) is 1.60. The van der Waals surface area contributed by atoms with E-state index in [4.69, 9.17) is 9.47 Å². The number of hydrogen-bond donors (Lipinski definition) is 1. The summed E-state index contributed by atoms with van der Waals surface area (Å²) < 4.78 is 12.5. The summed E-state index contributed by atoms with van der Waals surface area (Å²) in [5, 5.41) is 13.4. The van der Waals surface area contributed by atoms with Crippen molar-refractivity contribution in [3.63, 3.8) is 0 Å². The number of aliphatic hydroxyl groups is 1. The van der Waals surface area contributed by atoms with Crippen molar-refractivity contribution in [3.05, 3.63) is 36.7 Å². The highest BCUT2D eigenvalue weighted by atomic mass is 16.5. The maximum Gasteiger partial charge on any atom is 0.169 e. The molecule has 1 unspecified atom stereocenters. The van der Waals surface area contributed by atoms with Crippen LogP contribution in [0.25, 0.3) is 0 Å². The summed E-state index contributed by atoms with van der Waals surface area (Å²) in [5.74, 6) is 1.91. The minimum absolute atomic E-state index is 0.440. The van der Waals surface area contributed by atoms with Crippen LogP contribution in [0.2, 0.25) is 0 Å². The molecule has 0 aliphatic heterocycles. The second-order valence-corrected chi connectivity index (χ2v) is 4.00. The van der Waals surface area contributed by atoms with E-state index in [-0.39, 0.29) is 0 Å². The van der Waals surface area contributed by atoms with Crippen LogP contribution < -0.4 is 9.47 Å². The maximum absolute atomic E-state index is 9.27. The van der Waals surface area contributed by atoms with E-state index in [9.17, 15) is 5.11 Å². The van der Waals surface area contributed by atoms with E-state index in [0.717, 1.165) is 0 Å². The van der Waals surface area contributed by atoms with E-state index >= 15 is 0 Å². The van der Waals surface area contributed by atoms with Crippen molar-refractivity contribution >= 4 is 0 Å². The SMILES string of the molecule is COc1ccccc1Oc1cnn(CC(C)O)c1. The summed E-state index contributed by atoms with van der Waals surface area (Å²) in [6, 6.07) is 7.40. The molecule has 1 aromatic carbocycles. The Bertz CT molecular complexity index is 508. The Morgan fingerprint density at radius 3 is 2.72 bits per heavy atom. The number of methoxy groups -OCH3 is 1. The number of rotatable bonds is 5. The third-order valence-electron chi connectivity index (χ3n) is 2.36. The van der Waals surface area contributed by atoms with Gasteiger partial charge in [-0.25, -0.2) is 0 Å². The Hall–Kier alpha value is -2.01. The topological polar surface area (TPSA) is 56.5 Å². The van der Waals surface area contributed by atoms with Gasteiger partial charge in [-0.3, -0.25) is 4.68 Å². The summed E-state index contributed by atoms with van der Waals surface area (Å²) in [5.41, 5.74) is 0. The lowest BCUT2D eigenvalue weighted by molar-refractivity contribution is 0.168. The highest BCUT2D eigenvalue weighted by molar-refractivity contribution is 5.41. The van der Waals surface area contributed by atoms with Crippen LogP contribution in [0.15, 0.2) is 36.7 Å². The van der Waals surface area contributed by atoms with Crippen LogP contribution in [0.4, 0.5) is 0 Å². The van der Waals surface area contributed by atoms with Gasteiger partial charge in [-0.15, -0.1) is 0 Å². The van der Waals surface area contributed by atoms with Gasteiger partial charge in [-0.2, -0.15) is 5.10 Å². The molecule has 1 N–H and O–H groups in total. The van der Waals surface area contributed by atoms with Crippen LogP contribution in [-0.4, -0.2) is 28.1 Å². The highest BCUT2D eigenvalue weighted by Crippen LogP contribution is 2.30. The summed E-state index contributed by atoms with van der Waals surface area (Å²) in [6.45, 7) is 2.15. The smallest absolute Gasteiger partial charge is 0.169 e. The lowest BCUT2D eigenvalue weighted by Gasteiger charge is -2.07. The summed E-state index contributed by atoms with van der Waals surface area (Å²) >= 11 is 0. The molecule has 0 saturated carbocycles. The lowest BCUT2D eigenvalue weighted by Crippen LogP contribution is -2.11. The van der Waals surface area contributed by atoms with E-state index in [0.29, 0.717) is 23.8 Å². The first-order valence-corrected chi connectivity index (χ1v) is 5.70. The molecule has 1 heterocycles. The first-order chi connectivity index (χ1) is 8.69. The number of benzene rings is 1. The molecule has 0 spiro atoms. The number of hydrogen-bond acceptors (Lipinski definition) is 4. The van der Waals surface area contributed by atoms with Crippen LogP contribution in [0.5, 0.6) is 17.2 Å². The molecule has 2 rings (SSSR count). The Morgan fingerprint density at radius 1 is 1.33 bits per heavy atom. The van der Waals surface area contributed by atoms with Crippen LogP contribution >= 0.6 is 0 Å². The average Bonchev–Trinajstić information content (AvgIpc) is 2.76. The van der Waals surface area contributed by atoms with Gasteiger partial charge in [0, 0.05) is 0 Å². The molecule has 18 heavy (non-hydrogen) atoms. The van der Waals surface area contributed by atoms with E-state index in [1.165, 1.54) is 0 Å². The summed E-state index contributed by atoms with van der Waals surface area (Å²) in [6.07, 6.45) is 2.90. The predicted molar refractivity (Wildman–Crippen MR) is 67.0 cm³/mol. The van der Waals surface area contributed by atoms with E-state index in [1.807, 2.05) is 24.3 Å². The van der Waals surface area contributed by atoms with Gasteiger partial charge in [0.15, 0.2) is 17.2 Å². The molecule has 1 atom stereocenters. The van der Waals surface area contributed by atoms with Gasteiger partial charge < -0.3 is 14.6 Å². The molecule has 1 aromatic heterocycles. The molecule has 0 bridgehead atoms.